The van der Waals surface area contributed by atoms with Gasteiger partial charge in [0.05, 0.1) is 11.4 Å². The Morgan fingerprint density at radius 2 is 0.982 bits per heavy atom. The van der Waals surface area contributed by atoms with Crippen LogP contribution >= 0.6 is 0 Å². The number of aromatic nitrogens is 5. The zero-order chi connectivity index (χ0) is 37.8. The molecule has 56 heavy (non-hydrogen) atoms. The van der Waals surface area contributed by atoms with Crippen LogP contribution in [-0.2, 0) is 0 Å². The fourth-order valence-corrected chi connectivity index (χ4v) is 7.17. The summed E-state index contributed by atoms with van der Waals surface area (Å²) in [7, 11) is 0. The molecule has 0 atom stereocenters. The van der Waals surface area contributed by atoms with E-state index in [2.05, 4.69) is 128 Å². The summed E-state index contributed by atoms with van der Waals surface area (Å²) in [6.45, 7) is 7.95. The Morgan fingerprint density at radius 1 is 0.411 bits per heavy atom. The van der Waals surface area contributed by atoms with Gasteiger partial charge in [-0.2, -0.15) is 0 Å². The molecule has 0 spiro atoms. The van der Waals surface area contributed by atoms with Crippen molar-refractivity contribution in [2.45, 2.75) is 0 Å². The second-order valence-corrected chi connectivity index (χ2v) is 13.4. The average molecular weight is 718 g/mol. The minimum absolute atomic E-state index is 0.524. The van der Waals surface area contributed by atoms with E-state index in [0.29, 0.717) is 23.3 Å². The summed E-state index contributed by atoms with van der Waals surface area (Å²) >= 11 is 0. The van der Waals surface area contributed by atoms with Gasteiger partial charge < -0.3 is 0 Å². The molecule has 0 aliphatic heterocycles. The van der Waals surface area contributed by atoms with Crippen molar-refractivity contribution in [3.05, 3.63) is 207 Å². The topological polar surface area (TPSA) is 64.5 Å². The molecular weight excluding hydrogens is 683 g/mol. The number of nitrogens with zero attached hydrogens (tertiary/aromatic N) is 5. The van der Waals surface area contributed by atoms with Crippen LogP contribution in [0.2, 0.25) is 0 Å². The number of fused-ring (bicyclic) bond motifs is 2. The Balaban J connectivity index is 1.20. The summed E-state index contributed by atoms with van der Waals surface area (Å²) in [6.07, 6.45) is 5.33. The highest BCUT2D eigenvalue weighted by molar-refractivity contribution is 6.03. The third-order valence-electron chi connectivity index (χ3n) is 9.91. The minimum atomic E-state index is 0.524. The van der Waals surface area contributed by atoms with Gasteiger partial charge in [0.25, 0.3) is 0 Å². The van der Waals surface area contributed by atoms with Crippen LogP contribution in [0.5, 0.6) is 0 Å². The third-order valence-corrected chi connectivity index (χ3v) is 9.91. The Morgan fingerprint density at radius 3 is 1.71 bits per heavy atom. The van der Waals surface area contributed by atoms with Crippen LogP contribution in [0.3, 0.4) is 0 Å². The maximum absolute atomic E-state index is 5.19. The van der Waals surface area contributed by atoms with Crippen molar-refractivity contribution < 1.29 is 0 Å². The molecule has 0 fully saturated rings. The first kappa shape index (κ1) is 34.2. The molecule has 264 valence electrons. The Bertz CT molecular complexity index is 2930. The molecule has 0 radical (unpaired) electrons. The van der Waals surface area contributed by atoms with E-state index in [0.717, 1.165) is 72.1 Å². The van der Waals surface area contributed by atoms with Crippen molar-refractivity contribution >= 4 is 27.1 Å². The summed E-state index contributed by atoms with van der Waals surface area (Å²) in [4.78, 5) is 25.4. The molecule has 2 aromatic heterocycles. The maximum Gasteiger partial charge on any atom is 0.165 e. The maximum atomic E-state index is 5.19. The summed E-state index contributed by atoms with van der Waals surface area (Å²) in [5, 5.41) is 4.44. The van der Waals surface area contributed by atoms with Gasteiger partial charge in [-0.05, 0) is 38.7 Å². The quantitative estimate of drug-likeness (QED) is 0.139. The summed E-state index contributed by atoms with van der Waals surface area (Å²) in [6, 6.07) is 58.2. The number of hydrogen-bond donors (Lipinski definition) is 0. The van der Waals surface area contributed by atoms with Gasteiger partial charge in [0.1, 0.15) is 0 Å². The van der Waals surface area contributed by atoms with Crippen LogP contribution in [0, 0.1) is 0 Å². The van der Waals surface area contributed by atoms with E-state index >= 15 is 0 Å². The second kappa shape index (κ2) is 15.0. The minimum Gasteiger partial charge on any atom is -0.228 e. The van der Waals surface area contributed by atoms with Crippen LogP contribution in [0.25, 0.3) is 94.9 Å². The van der Waals surface area contributed by atoms with Crippen molar-refractivity contribution in [3.63, 3.8) is 0 Å². The molecule has 0 amide bonds. The predicted molar refractivity (Wildman–Crippen MR) is 231 cm³/mol. The van der Waals surface area contributed by atoms with Gasteiger partial charge in [-0.3, -0.25) is 0 Å². The van der Waals surface area contributed by atoms with E-state index in [1.807, 2.05) is 60.7 Å². The molecule has 5 nitrogen and oxygen atoms in total. The van der Waals surface area contributed by atoms with E-state index in [4.69, 9.17) is 24.9 Å². The lowest BCUT2D eigenvalue weighted by Gasteiger charge is -2.15. The highest BCUT2D eigenvalue weighted by Gasteiger charge is 2.19. The first-order chi connectivity index (χ1) is 27.7. The van der Waals surface area contributed by atoms with Crippen LogP contribution < -0.4 is 0 Å². The van der Waals surface area contributed by atoms with Crippen LogP contribution in [0.1, 0.15) is 5.82 Å². The fourth-order valence-electron chi connectivity index (χ4n) is 7.17. The molecule has 0 aliphatic carbocycles. The van der Waals surface area contributed by atoms with Gasteiger partial charge in [-0.1, -0.05) is 195 Å². The molecule has 0 unspecified atom stereocenters. The van der Waals surface area contributed by atoms with E-state index in [-0.39, 0.29) is 0 Å². The van der Waals surface area contributed by atoms with Crippen molar-refractivity contribution in [3.8, 4) is 67.8 Å². The summed E-state index contributed by atoms with van der Waals surface area (Å²) in [5.74, 6) is 2.32. The lowest BCUT2D eigenvalue weighted by Crippen LogP contribution is -2.03. The van der Waals surface area contributed by atoms with Crippen LogP contribution in [-0.4, -0.2) is 24.9 Å². The van der Waals surface area contributed by atoms with E-state index in [1.54, 1.807) is 12.2 Å². The molecule has 0 aliphatic rings. The highest BCUT2D eigenvalue weighted by Crippen LogP contribution is 2.39. The normalized spacial score (nSPS) is 11.5. The molecule has 9 aromatic rings. The average Bonchev–Trinajstić information content (AvgIpc) is 3.28. The van der Waals surface area contributed by atoms with Gasteiger partial charge in [-0.15, -0.1) is 0 Å². The molecule has 2 heterocycles. The van der Waals surface area contributed by atoms with Gasteiger partial charge in [0.2, 0.25) is 0 Å². The molecule has 5 heteroatoms. The van der Waals surface area contributed by atoms with Crippen molar-refractivity contribution in [1.82, 2.24) is 24.9 Å². The zero-order valence-electron chi connectivity index (χ0n) is 30.5. The van der Waals surface area contributed by atoms with Crippen LogP contribution in [0.4, 0.5) is 0 Å². The van der Waals surface area contributed by atoms with Crippen molar-refractivity contribution in [1.29, 1.82) is 0 Å². The Kier molecular flexibility index (Phi) is 9.16. The molecular formula is C51H35N5. The fraction of sp³-hybridized carbons (Fsp3) is 0. The molecule has 7 aromatic carbocycles. The highest BCUT2D eigenvalue weighted by atomic mass is 15.0. The number of hydrogen-bond acceptors (Lipinski definition) is 5. The Hall–Kier alpha value is -7.63. The number of allylic oxidation sites excluding steroid dienone is 4. The molecule has 0 N–H and O–H groups in total. The summed E-state index contributed by atoms with van der Waals surface area (Å²) in [5.41, 5.74) is 9.32. The molecule has 0 bridgehead atoms. The van der Waals surface area contributed by atoms with Gasteiger partial charge in [0.15, 0.2) is 23.3 Å². The summed E-state index contributed by atoms with van der Waals surface area (Å²) < 4.78 is 0. The number of benzene rings is 7. The number of rotatable bonds is 9. The van der Waals surface area contributed by atoms with Crippen LogP contribution in [0.15, 0.2) is 201 Å². The molecule has 0 saturated heterocycles. The second-order valence-electron chi connectivity index (χ2n) is 13.4. The van der Waals surface area contributed by atoms with Crippen molar-refractivity contribution in [2.24, 2.45) is 0 Å². The zero-order valence-corrected chi connectivity index (χ0v) is 30.5. The molecule has 0 saturated carbocycles. The predicted octanol–water partition coefficient (Wildman–Crippen LogP) is 12.7. The standard InChI is InChI=1S/C51H35N5/c1-3-16-34(4-2)48-54-50(39-21-9-6-10-22-39)56-51(55-48)47-42-25-14-12-18-36(42)31-32-43(47)37-27-29-40(30-28-37)49-52-45(38-19-7-5-8-20-38)33-46(53-49)44-26-15-23-35-17-11-13-24-41(35)44/h3-33H,1-2H2/b34-16+. The van der Waals surface area contributed by atoms with Crippen molar-refractivity contribution in [2.75, 3.05) is 0 Å². The lowest BCUT2D eigenvalue weighted by atomic mass is 9.93. The van der Waals surface area contributed by atoms with E-state index in [9.17, 15) is 0 Å². The van der Waals surface area contributed by atoms with Gasteiger partial charge in [0, 0.05) is 33.4 Å². The van der Waals surface area contributed by atoms with Gasteiger partial charge >= 0.3 is 0 Å². The molecule has 9 rings (SSSR count). The monoisotopic (exact) mass is 717 g/mol. The third kappa shape index (κ3) is 6.59. The Labute approximate surface area is 325 Å². The SMILES string of the molecule is C=C/C=C(\C=C)c1nc(-c2ccccc2)nc(-c2c(-c3ccc(-c4nc(-c5ccccc5)cc(-c5cccc6ccccc56)n4)cc3)ccc3ccccc23)n1. The lowest BCUT2D eigenvalue weighted by molar-refractivity contribution is 1.04. The van der Waals surface area contributed by atoms with E-state index in [1.165, 1.54) is 5.39 Å². The largest absolute Gasteiger partial charge is 0.228 e. The first-order valence-corrected chi connectivity index (χ1v) is 18.5. The van der Waals surface area contributed by atoms with E-state index < -0.39 is 0 Å². The van der Waals surface area contributed by atoms with Gasteiger partial charge in [-0.25, -0.2) is 24.9 Å². The smallest absolute Gasteiger partial charge is 0.165 e. The first-order valence-electron chi connectivity index (χ1n) is 18.5.